The minimum atomic E-state index is -0.230. The second-order valence-corrected chi connectivity index (χ2v) is 4.70. The highest BCUT2D eigenvalue weighted by molar-refractivity contribution is 5.95. The Morgan fingerprint density at radius 1 is 1.21 bits per heavy atom. The van der Waals surface area contributed by atoms with Gasteiger partial charge in [0.05, 0.1) is 0 Å². The highest BCUT2D eigenvalue weighted by atomic mass is 19.1. The molecule has 0 aliphatic heterocycles. The lowest BCUT2D eigenvalue weighted by Crippen LogP contribution is -2.14. The maximum absolute atomic E-state index is 13.6. The first-order valence-electron chi connectivity index (χ1n) is 6.21. The smallest absolute Gasteiger partial charge is 0.228 e. The van der Waals surface area contributed by atoms with Crippen molar-refractivity contribution in [2.45, 2.75) is 12.3 Å². The first kappa shape index (κ1) is 11.8. The van der Waals surface area contributed by atoms with Crippen LogP contribution in [0.25, 0.3) is 0 Å². The quantitative estimate of drug-likeness (QED) is 0.917. The molecule has 1 N–H and O–H groups in total. The summed E-state index contributed by atoms with van der Waals surface area (Å²) in [7, 11) is 0. The van der Waals surface area contributed by atoms with E-state index in [0.717, 1.165) is 5.69 Å². The van der Waals surface area contributed by atoms with E-state index in [1.807, 2.05) is 0 Å². The summed E-state index contributed by atoms with van der Waals surface area (Å²) in [5, 5.41) is 2.82. The molecule has 0 bridgehead atoms. The van der Waals surface area contributed by atoms with Crippen LogP contribution in [-0.4, -0.2) is 10.9 Å². The van der Waals surface area contributed by atoms with Crippen LogP contribution in [0.1, 0.15) is 17.9 Å². The highest BCUT2D eigenvalue weighted by Crippen LogP contribution is 2.48. The summed E-state index contributed by atoms with van der Waals surface area (Å²) < 4.78 is 13.6. The van der Waals surface area contributed by atoms with Gasteiger partial charge < -0.3 is 5.32 Å². The number of rotatable bonds is 3. The number of hydrogen-bond donors (Lipinski definition) is 1. The molecule has 1 heterocycles. The number of carbonyl (C=O) groups excluding carboxylic acids is 1. The van der Waals surface area contributed by atoms with Gasteiger partial charge in [-0.1, -0.05) is 18.2 Å². The Bertz CT molecular complexity index is 600. The Balaban J connectivity index is 1.67. The number of aromatic nitrogens is 1. The molecule has 1 aromatic carbocycles. The SMILES string of the molecule is O=C(Nc1ccncc1)C1CC1c1ccccc1F. The molecule has 1 saturated carbocycles. The molecule has 2 aromatic rings. The second kappa shape index (κ2) is 4.80. The standard InChI is InChI=1S/C15H13FN2O/c16-14-4-2-1-3-11(14)12-9-13(12)15(19)18-10-5-7-17-8-6-10/h1-8,12-13H,9H2,(H,17,18,19). The van der Waals surface area contributed by atoms with Gasteiger partial charge in [-0.2, -0.15) is 0 Å². The van der Waals surface area contributed by atoms with Crippen molar-refractivity contribution in [3.8, 4) is 0 Å². The lowest BCUT2D eigenvalue weighted by atomic mass is 10.1. The van der Waals surface area contributed by atoms with Crippen LogP contribution in [0.15, 0.2) is 48.8 Å². The van der Waals surface area contributed by atoms with Crippen LogP contribution in [0.5, 0.6) is 0 Å². The molecule has 0 radical (unpaired) electrons. The van der Waals surface area contributed by atoms with E-state index in [2.05, 4.69) is 10.3 Å². The number of carbonyl (C=O) groups is 1. The van der Waals surface area contributed by atoms with Gasteiger partial charge in [-0.05, 0) is 36.1 Å². The molecule has 2 atom stereocenters. The molecule has 1 aliphatic rings. The average molecular weight is 256 g/mol. The van der Waals surface area contributed by atoms with Gasteiger partial charge in [0.25, 0.3) is 0 Å². The summed E-state index contributed by atoms with van der Waals surface area (Å²) in [5.74, 6) is -0.417. The van der Waals surface area contributed by atoms with Gasteiger partial charge >= 0.3 is 0 Å². The Kier molecular flexibility index (Phi) is 2.99. The topological polar surface area (TPSA) is 42.0 Å². The van der Waals surface area contributed by atoms with Crippen LogP contribution in [-0.2, 0) is 4.79 Å². The number of nitrogens with one attached hydrogen (secondary N) is 1. The monoisotopic (exact) mass is 256 g/mol. The van der Waals surface area contributed by atoms with Crippen molar-refractivity contribution in [3.05, 3.63) is 60.2 Å². The van der Waals surface area contributed by atoms with Crippen molar-refractivity contribution in [3.63, 3.8) is 0 Å². The molecule has 2 unspecified atom stereocenters. The minimum Gasteiger partial charge on any atom is -0.326 e. The van der Waals surface area contributed by atoms with Gasteiger partial charge in [0, 0.05) is 24.0 Å². The summed E-state index contributed by atoms with van der Waals surface area (Å²) in [6.45, 7) is 0. The van der Waals surface area contributed by atoms with Gasteiger partial charge in [0.2, 0.25) is 5.91 Å². The summed E-state index contributed by atoms with van der Waals surface area (Å²) in [6, 6.07) is 10.1. The van der Waals surface area contributed by atoms with E-state index < -0.39 is 0 Å². The predicted molar refractivity (Wildman–Crippen MR) is 70.1 cm³/mol. The van der Waals surface area contributed by atoms with E-state index in [9.17, 15) is 9.18 Å². The van der Waals surface area contributed by atoms with Crippen LogP contribution in [0.3, 0.4) is 0 Å². The third-order valence-electron chi connectivity index (χ3n) is 3.38. The van der Waals surface area contributed by atoms with E-state index in [1.54, 1.807) is 42.7 Å². The number of benzene rings is 1. The van der Waals surface area contributed by atoms with Gasteiger partial charge in [-0.3, -0.25) is 9.78 Å². The third kappa shape index (κ3) is 2.47. The fraction of sp³-hybridized carbons (Fsp3) is 0.200. The summed E-state index contributed by atoms with van der Waals surface area (Å²) in [6.07, 6.45) is 3.95. The van der Waals surface area contributed by atoms with Crippen LogP contribution in [0, 0.1) is 11.7 Å². The van der Waals surface area contributed by atoms with Crippen molar-refractivity contribution in [1.82, 2.24) is 4.98 Å². The minimum absolute atomic E-state index is 0.00281. The Morgan fingerprint density at radius 3 is 2.68 bits per heavy atom. The van der Waals surface area contributed by atoms with Crippen molar-refractivity contribution in [2.75, 3.05) is 5.32 Å². The fourth-order valence-corrected chi connectivity index (χ4v) is 2.27. The van der Waals surface area contributed by atoms with Crippen molar-refractivity contribution in [2.24, 2.45) is 5.92 Å². The summed E-state index contributed by atoms with van der Waals surface area (Å²) in [4.78, 5) is 15.9. The zero-order valence-corrected chi connectivity index (χ0v) is 10.2. The third-order valence-corrected chi connectivity index (χ3v) is 3.38. The lowest BCUT2D eigenvalue weighted by molar-refractivity contribution is -0.117. The first-order valence-corrected chi connectivity index (χ1v) is 6.21. The molecule has 96 valence electrons. The molecular weight excluding hydrogens is 243 g/mol. The van der Waals surface area contributed by atoms with Crippen molar-refractivity contribution < 1.29 is 9.18 Å². The molecule has 1 aliphatic carbocycles. The second-order valence-electron chi connectivity index (χ2n) is 4.70. The van der Waals surface area contributed by atoms with Crippen LogP contribution in [0.4, 0.5) is 10.1 Å². The number of anilines is 1. The van der Waals surface area contributed by atoms with Crippen LogP contribution < -0.4 is 5.32 Å². The molecule has 1 fully saturated rings. The molecule has 3 rings (SSSR count). The van der Waals surface area contributed by atoms with Crippen molar-refractivity contribution >= 4 is 11.6 Å². The maximum atomic E-state index is 13.6. The summed E-state index contributed by atoms with van der Waals surface area (Å²) >= 11 is 0. The van der Waals surface area contributed by atoms with E-state index in [4.69, 9.17) is 0 Å². The Hall–Kier alpha value is -2.23. The fourth-order valence-electron chi connectivity index (χ4n) is 2.27. The molecule has 0 saturated heterocycles. The predicted octanol–water partition coefficient (Wildman–Crippen LogP) is 2.96. The number of pyridine rings is 1. The van der Waals surface area contributed by atoms with E-state index in [1.165, 1.54) is 6.07 Å². The molecule has 19 heavy (non-hydrogen) atoms. The Labute approximate surface area is 110 Å². The van der Waals surface area contributed by atoms with Crippen LogP contribution in [0.2, 0.25) is 0 Å². The zero-order valence-electron chi connectivity index (χ0n) is 10.2. The molecule has 4 heteroatoms. The number of amides is 1. The van der Waals surface area contributed by atoms with Gasteiger partial charge in [0.1, 0.15) is 5.82 Å². The van der Waals surface area contributed by atoms with Gasteiger partial charge in [0.15, 0.2) is 0 Å². The highest BCUT2D eigenvalue weighted by Gasteiger charge is 2.45. The van der Waals surface area contributed by atoms with Crippen LogP contribution >= 0.6 is 0 Å². The molecule has 1 aromatic heterocycles. The van der Waals surface area contributed by atoms with Gasteiger partial charge in [-0.15, -0.1) is 0 Å². The molecule has 1 amide bonds. The zero-order chi connectivity index (χ0) is 13.2. The average Bonchev–Trinajstić information content (AvgIpc) is 3.21. The number of halogens is 1. The largest absolute Gasteiger partial charge is 0.326 e. The number of nitrogens with zero attached hydrogens (tertiary/aromatic N) is 1. The van der Waals surface area contributed by atoms with Crippen molar-refractivity contribution in [1.29, 1.82) is 0 Å². The van der Waals surface area contributed by atoms with E-state index in [0.29, 0.717) is 12.0 Å². The first-order chi connectivity index (χ1) is 9.25. The van der Waals surface area contributed by atoms with E-state index in [-0.39, 0.29) is 23.6 Å². The molecule has 3 nitrogen and oxygen atoms in total. The Morgan fingerprint density at radius 2 is 1.95 bits per heavy atom. The van der Waals surface area contributed by atoms with E-state index >= 15 is 0 Å². The number of hydrogen-bond acceptors (Lipinski definition) is 2. The van der Waals surface area contributed by atoms with Gasteiger partial charge in [-0.25, -0.2) is 4.39 Å². The maximum Gasteiger partial charge on any atom is 0.228 e. The molecule has 0 spiro atoms. The summed E-state index contributed by atoms with van der Waals surface area (Å²) in [5.41, 5.74) is 1.36. The lowest BCUT2D eigenvalue weighted by Gasteiger charge is -2.05. The normalized spacial score (nSPS) is 20.9. The molecular formula is C15H13FN2O.